The molecule has 0 aliphatic rings. The molecule has 0 amide bonds. The van der Waals surface area contributed by atoms with Crippen LogP contribution in [0.2, 0.25) is 0 Å². The number of nitrogens with two attached hydrogens (primary N) is 1. The highest BCUT2D eigenvalue weighted by molar-refractivity contribution is 5.79. The van der Waals surface area contributed by atoms with Gasteiger partial charge in [0.05, 0.1) is 11.7 Å². The molecule has 0 bridgehead atoms. The summed E-state index contributed by atoms with van der Waals surface area (Å²) in [6.07, 6.45) is 3.41. The second kappa shape index (κ2) is 2.20. The fourth-order valence-electron chi connectivity index (χ4n) is 0.992. The summed E-state index contributed by atoms with van der Waals surface area (Å²) in [6.45, 7) is 0. The van der Waals surface area contributed by atoms with Crippen molar-refractivity contribution in [2.75, 3.05) is 5.73 Å². The predicted octanol–water partition coefficient (Wildman–Crippen LogP) is 1.21. The lowest BCUT2D eigenvalue weighted by molar-refractivity contribution is 1.32. The fraction of sp³-hybridized carbons (Fsp3) is 0. The molecule has 3 heteroatoms. The van der Waals surface area contributed by atoms with Crippen LogP contribution in [0.25, 0.3) is 10.9 Å². The summed E-state index contributed by atoms with van der Waals surface area (Å²) < 4.78 is 0. The minimum absolute atomic E-state index is 0.533. The van der Waals surface area contributed by atoms with Crippen molar-refractivity contribution in [1.82, 2.24) is 9.97 Å². The summed E-state index contributed by atoms with van der Waals surface area (Å²) in [4.78, 5) is 8.03. The molecule has 0 saturated carbocycles. The summed E-state index contributed by atoms with van der Waals surface area (Å²) in [5.41, 5.74) is 6.36. The number of rotatable bonds is 0. The normalized spacial score (nSPS) is 10.2. The van der Waals surface area contributed by atoms with Gasteiger partial charge in [-0.1, -0.05) is 6.07 Å². The van der Waals surface area contributed by atoms with E-state index in [9.17, 15) is 0 Å². The van der Waals surface area contributed by atoms with Gasteiger partial charge >= 0.3 is 0 Å². The van der Waals surface area contributed by atoms with E-state index in [2.05, 4.69) is 9.97 Å². The maximum atomic E-state index is 5.48. The Bertz CT molecular complexity index is 384. The van der Waals surface area contributed by atoms with E-state index in [4.69, 9.17) is 5.73 Å². The van der Waals surface area contributed by atoms with Crippen LogP contribution in [0.3, 0.4) is 0 Å². The van der Waals surface area contributed by atoms with E-state index in [-0.39, 0.29) is 0 Å². The van der Waals surface area contributed by atoms with Gasteiger partial charge in [0, 0.05) is 11.6 Å². The summed E-state index contributed by atoms with van der Waals surface area (Å²) in [5, 5.41) is 1.03. The van der Waals surface area contributed by atoms with Crippen LogP contribution in [0.1, 0.15) is 0 Å². The summed E-state index contributed by atoms with van der Waals surface area (Å²) in [6, 6.07) is 5.64. The van der Waals surface area contributed by atoms with Gasteiger partial charge in [-0.15, -0.1) is 0 Å². The Kier molecular flexibility index (Phi) is 1.22. The number of anilines is 1. The van der Waals surface area contributed by atoms with Crippen LogP contribution >= 0.6 is 0 Å². The van der Waals surface area contributed by atoms with E-state index in [1.165, 1.54) is 0 Å². The Hall–Kier alpha value is -1.64. The lowest BCUT2D eigenvalue weighted by atomic mass is 10.2. The summed E-state index contributed by atoms with van der Waals surface area (Å²) in [7, 11) is 0. The van der Waals surface area contributed by atoms with E-state index in [1.54, 1.807) is 12.4 Å². The highest BCUT2D eigenvalue weighted by Crippen LogP contribution is 2.10. The number of nitrogen functional groups attached to an aromatic ring is 1. The van der Waals surface area contributed by atoms with Crippen molar-refractivity contribution in [1.29, 1.82) is 0 Å². The quantitative estimate of drug-likeness (QED) is 0.606. The lowest BCUT2D eigenvalue weighted by Crippen LogP contribution is -1.89. The first kappa shape index (κ1) is 6.09. The van der Waals surface area contributed by atoms with Gasteiger partial charge in [-0.05, 0) is 12.1 Å². The topological polar surface area (TPSA) is 51.8 Å². The fourth-order valence-corrected chi connectivity index (χ4v) is 0.992. The number of hydrogen-bond acceptors (Lipinski definition) is 3. The van der Waals surface area contributed by atoms with Crippen molar-refractivity contribution in [2.45, 2.75) is 0 Å². The van der Waals surface area contributed by atoms with Crippen molar-refractivity contribution >= 4 is 16.7 Å². The second-order valence-corrected chi connectivity index (χ2v) is 2.31. The van der Waals surface area contributed by atoms with Crippen LogP contribution in [0.15, 0.2) is 30.6 Å². The molecule has 0 aliphatic heterocycles. The van der Waals surface area contributed by atoms with Gasteiger partial charge in [-0.25, -0.2) is 4.98 Å². The molecule has 3 nitrogen and oxygen atoms in total. The van der Waals surface area contributed by atoms with E-state index >= 15 is 0 Å². The van der Waals surface area contributed by atoms with E-state index in [0.29, 0.717) is 5.82 Å². The van der Waals surface area contributed by atoms with Crippen LogP contribution in [-0.2, 0) is 0 Å². The Morgan fingerprint density at radius 1 is 1.27 bits per heavy atom. The second-order valence-electron chi connectivity index (χ2n) is 2.31. The third-order valence-electron chi connectivity index (χ3n) is 1.51. The van der Waals surface area contributed by atoms with Gasteiger partial charge in [-0.2, -0.15) is 0 Å². The molecule has 2 rings (SSSR count). The smallest absolute Gasteiger partial charge is 0.124 e. The van der Waals surface area contributed by atoms with E-state index in [0.717, 1.165) is 10.9 Å². The van der Waals surface area contributed by atoms with Gasteiger partial charge in [0.2, 0.25) is 0 Å². The molecule has 0 aliphatic carbocycles. The molecule has 0 saturated heterocycles. The molecular formula is C8H7N3. The maximum absolute atomic E-state index is 5.48. The Balaban J connectivity index is 2.83. The van der Waals surface area contributed by atoms with Crippen molar-refractivity contribution in [3.05, 3.63) is 30.6 Å². The third kappa shape index (κ3) is 1.00. The first-order valence-corrected chi connectivity index (χ1v) is 3.32. The van der Waals surface area contributed by atoms with Gasteiger partial charge < -0.3 is 5.73 Å². The number of nitrogens with zero attached hydrogens (tertiary/aromatic N) is 2. The molecule has 2 aromatic rings. The zero-order valence-electron chi connectivity index (χ0n) is 5.86. The average molecular weight is 145 g/mol. The van der Waals surface area contributed by atoms with Crippen molar-refractivity contribution < 1.29 is 0 Å². The molecule has 0 radical (unpaired) electrons. The summed E-state index contributed by atoms with van der Waals surface area (Å²) in [5.74, 6) is 0.533. The first-order chi connectivity index (χ1) is 5.36. The van der Waals surface area contributed by atoms with Crippen LogP contribution in [0, 0.1) is 0 Å². The minimum Gasteiger partial charge on any atom is -0.384 e. The first-order valence-electron chi connectivity index (χ1n) is 3.32. The lowest BCUT2D eigenvalue weighted by Gasteiger charge is -1.95. The maximum Gasteiger partial charge on any atom is 0.124 e. The number of hydrogen-bond donors (Lipinski definition) is 1. The highest BCUT2D eigenvalue weighted by atomic mass is 14.8. The monoisotopic (exact) mass is 145 g/mol. The largest absolute Gasteiger partial charge is 0.384 e. The van der Waals surface area contributed by atoms with Crippen LogP contribution in [0.4, 0.5) is 5.82 Å². The Morgan fingerprint density at radius 2 is 2.18 bits per heavy atom. The average Bonchev–Trinajstić information content (AvgIpc) is 2.04. The van der Waals surface area contributed by atoms with Crippen molar-refractivity contribution in [3.63, 3.8) is 0 Å². The third-order valence-corrected chi connectivity index (χ3v) is 1.51. The van der Waals surface area contributed by atoms with Crippen LogP contribution < -0.4 is 5.73 Å². The molecule has 2 heterocycles. The zero-order chi connectivity index (χ0) is 7.68. The SMILES string of the molecule is Nc1cc2cccnc2cn1. The molecule has 11 heavy (non-hydrogen) atoms. The number of pyridine rings is 2. The minimum atomic E-state index is 0.533. The van der Waals surface area contributed by atoms with Crippen LogP contribution in [-0.4, -0.2) is 9.97 Å². The van der Waals surface area contributed by atoms with E-state index < -0.39 is 0 Å². The van der Waals surface area contributed by atoms with Gasteiger partial charge in [0.15, 0.2) is 0 Å². The molecule has 54 valence electrons. The predicted molar refractivity (Wildman–Crippen MR) is 44.0 cm³/mol. The Labute approximate surface area is 63.9 Å². The standard InChI is InChI=1S/C8H7N3/c9-8-4-6-2-1-3-10-7(6)5-11-8/h1-5H,(H2,9,11). The van der Waals surface area contributed by atoms with Gasteiger partial charge in [-0.3, -0.25) is 4.98 Å². The summed E-state index contributed by atoms with van der Waals surface area (Å²) >= 11 is 0. The number of aromatic nitrogens is 2. The molecule has 0 unspecified atom stereocenters. The van der Waals surface area contributed by atoms with E-state index in [1.807, 2.05) is 18.2 Å². The van der Waals surface area contributed by atoms with Gasteiger partial charge in [0.25, 0.3) is 0 Å². The molecule has 0 spiro atoms. The molecule has 0 atom stereocenters. The molecular weight excluding hydrogens is 138 g/mol. The van der Waals surface area contributed by atoms with Gasteiger partial charge in [0.1, 0.15) is 5.82 Å². The van der Waals surface area contributed by atoms with Crippen molar-refractivity contribution in [2.24, 2.45) is 0 Å². The van der Waals surface area contributed by atoms with Crippen molar-refractivity contribution in [3.8, 4) is 0 Å². The van der Waals surface area contributed by atoms with Crippen LogP contribution in [0.5, 0.6) is 0 Å². The molecule has 2 aromatic heterocycles. The molecule has 0 fully saturated rings. The molecule has 0 aromatic carbocycles. The zero-order valence-corrected chi connectivity index (χ0v) is 5.86. The molecule has 2 N–H and O–H groups in total. The number of fused-ring (bicyclic) bond motifs is 1. The highest BCUT2D eigenvalue weighted by Gasteiger charge is 1.92. The Morgan fingerprint density at radius 3 is 3.09 bits per heavy atom.